The van der Waals surface area contributed by atoms with Gasteiger partial charge in [-0.1, -0.05) is 30.3 Å². The summed E-state index contributed by atoms with van der Waals surface area (Å²) >= 11 is 0. The van der Waals surface area contributed by atoms with Gasteiger partial charge in [0, 0.05) is 38.3 Å². The van der Waals surface area contributed by atoms with Gasteiger partial charge in [0.2, 0.25) is 0 Å². The lowest BCUT2D eigenvalue weighted by Gasteiger charge is -2.57. The highest BCUT2D eigenvalue weighted by atomic mass is 16.5. The number of carbonyl (C=O) groups is 1. The minimum absolute atomic E-state index is 0.0983. The van der Waals surface area contributed by atoms with Crippen LogP contribution in [-0.2, 0) is 9.53 Å². The number of hydrogen-bond donors (Lipinski definition) is 0. The molecule has 5 heteroatoms. The molecule has 2 atom stereocenters. The van der Waals surface area contributed by atoms with Gasteiger partial charge in [0.25, 0.3) is 5.91 Å². The second kappa shape index (κ2) is 7.96. The zero-order valence-corrected chi connectivity index (χ0v) is 17.0. The Kier molecular flexibility index (Phi) is 5.18. The lowest BCUT2D eigenvalue weighted by molar-refractivity contribution is -0.143. The highest BCUT2D eigenvalue weighted by Gasteiger charge is 2.48. The largest absolute Gasteiger partial charge is 0.484 e. The van der Waals surface area contributed by atoms with Crippen molar-refractivity contribution in [1.29, 1.82) is 0 Å². The fourth-order valence-electron chi connectivity index (χ4n) is 5.19. The molecule has 0 radical (unpaired) electrons. The molecular weight excluding hydrogens is 364 g/mol. The summed E-state index contributed by atoms with van der Waals surface area (Å²) in [5, 5.41) is 2.31. The second-order valence-electron chi connectivity index (χ2n) is 8.77. The predicted octanol–water partition coefficient (Wildman–Crippen LogP) is 3.46. The fourth-order valence-corrected chi connectivity index (χ4v) is 5.19. The van der Waals surface area contributed by atoms with Crippen LogP contribution in [0.5, 0.6) is 5.75 Å². The minimum Gasteiger partial charge on any atom is -0.484 e. The highest BCUT2D eigenvalue weighted by molar-refractivity contribution is 5.84. The molecule has 154 valence electrons. The minimum atomic E-state index is 0.0983. The number of benzene rings is 2. The quantitative estimate of drug-likeness (QED) is 0.779. The normalized spacial score (nSPS) is 27.3. The van der Waals surface area contributed by atoms with Gasteiger partial charge in [-0.25, -0.2) is 0 Å². The van der Waals surface area contributed by atoms with E-state index in [1.807, 2.05) is 35.2 Å². The lowest BCUT2D eigenvalue weighted by atomic mass is 9.77. The van der Waals surface area contributed by atoms with Crippen molar-refractivity contribution in [3.05, 3.63) is 42.5 Å². The standard InChI is InChI=1S/C24H30N2O3/c27-23(17-29-21-9-8-19-5-1-2-6-20(19)15-21)25-12-4-10-24(18-25)11-13-26(24)16-22-7-3-14-28-22/h1-2,5-6,8-9,15,22H,3-4,7,10-14,16-18H2/t22-,24+/m0/s1. The Balaban J connectivity index is 1.18. The van der Waals surface area contributed by atoms with E-state index < -0.39 is 0 Å². The molecule has 3 aliphatic heterocycles. The van der Waals surface area contributed by atoms with E-state index in [9.17, 15) is 4.79 Å². The highest BCUT2D eigenvalue weighted by Crippen LogP contribution is 2.39. The topological polar surface area (TPSA) is 42.0 Å². The average Bonchev–Trinajstić information content (AvgIpc) is 3.28. The Hall–Kier alpha value is -2.11. The summed E-state index contributed by atoms with van der Waals surface area (Å²) in [4.78, 5) is 17.5. The molecule has 5 nitrogen and oxygen atoms in total. The summed E-state index contributed by atoms with van der Waals surface area (Å²) in [6.45, 7) is 4.85. The van der Waals surface area contributed by atoms with E-state index in [2.05, 4.69) is 17.0 Å². The number of hydrogen-bond acceptors (Lipinski definition) is 4. The smallest absolute Gasteiger partial charge is 0.260 e. The van der Waals surface area contributed by atoms with Crippen LogP contribution in [0.3, 0.4) is 0 Å². The van der Waals surface area contributed by atoms with Crippen LogP contribution < -0.4 is 4.74 Å². The zero-order chi connectivity index (χ0) is 19.7. The van der Waals surface area contributed by atoms with E-state index in [4.69, 9.17) is 9.47 Å². The monoisotopic (exact) mass is 394 g/mol. The SMILES string of the molecule is O=C(COc1ccc2ccccc2c1)N1CCC[C@@]2(CCN2C[C@@H]2CCCO2)C1. The number of nitrogens with zero attached hydrogens (tertiary/aromatic N) is 2. The van der Waals surface area contributed by atoms with Gasteiger partial charge >= 0.3 is 0 Å². The summed E-state index contributed by atoms with van der Waals surface area (Å²) in [5.41, 5.74) is 0.169. The predicted molar refractivity (Wildman–Crippen MR) is 113 cm³/mol. The van der Waals surface area contributed by atoms with Gasteiger partial charge in [-0.15, -0.1) is 0 Å². The third kappa shape index (κ3) is 3.86. The van der Waals surface area contributed by atoms with E-state index in [0.29, 0.717) is 6.10 Å². The molecule has 3 saturated heterocycles. The first kappa shape index (κ1) is 18.9. The van der Waals surface area contributed by atoms with Crippen molar-refractivity contribution in [1.82, 2.24) is 9.80 Å². The molecule has 0 saturated carbocycles. The molecule has 3 fully saturated rings. The second-order valence-corrected chi connectivity index (χ2v) is 8.77. The number of carbonyl (C=O) groups excluding carboxylic acids is 1. The molecule has 1 spiro atoms. The maximum atomic E-state index is 12.9. The molecule has 3 aliphatic rings. The number of rotatable bonds is 5. The van der Waals surface area contributed by atoms with Gasteiger partial charge in [-0.05, 0) is 55.0 Å². The number of piperidine rings is 1. The maximum Gasteiger partial charge on any atom is 0.260 e. The van der Waals surface area contributed by atoms with Gasteiger partial charge in [-0.2, -0.15) is 0 Å². The van der Waals surface area contributed by atoms with Gasteiger partial charge < -0.3 is 14.4 Å². The van der Waals surface area contributed by atoms with E-state index in [0.717, 1.165) is 50.3 Å². The molecule has 5 rings (SSSR count). The summed E-state index contributed by atoms with van der Waals surface area (Å²) < 4.78 is 11.7. The van der Waals surface area contributed by atoms with Crippen LogP contribution in [0.25, 0.3) is 10.8 Å². The Morgan fingerprint density at radius 3 is 2.79 bits per heavy atom. The summed E-state index contributed by atoms with van der Waals surface area (Å²) in [5.74, 6) is 0.855. The molecule has 3 heterocycles. The number of amides is 1. The van der Waals surface area contributed by atoms with E-state index in [-0.39, 0.29) is 18.1 Å². The van der Waals surface area contributed by atoms with E-state index in [1.165, 1.54) is 31.1 Å². The molecule has 2 aromatic carbocycles. The summed E-state index contributed by atoms with van der Waals surface area (Å²) in [6, 6.07) is 14.2. The van der Waals surface area contributed by atoms with Crippen LogP contribution in [0.2, 0.25) is 0 Å². The number of fused-ring (bicyclic) bond motifs is 1. The molecular formula is C24H30N2O3. The van der Waals surface area contributed by atoms with Crippen molar-refractivity contribution in [3.8, 4) is 5.75 Å². The third-order valence-electron chi connectivity index (χ3n) is 6.96. The molecule has 1 amide bonds. The molecule has 29 heavy (non-hydrogen) atoms. The van der Waals surface area contributed by atoms with Crippen LogP contribution in [0.4, 0.5) is 0 Å². The molecule has 0 aliphatic carbocycles. The molecule has 2 aromatic rings. The van der Waals surface area contributed by atoms with Crippen LogP contribution in [0.15, 0.2) is 42.5 Å². The van der Waals surface area contributed by atoms with Crippen LogP contribution >= 0.6 is 0 Å². The number of likely N-dealkylation sites (tertiary alicyclic amines) is 2. The molecule has 0 bridgehead atoms. The molecule has 0 N–H and O–H groups in total. The van der Waals surface area contributed by atoms with Crippen LogP contribution in [0, 0.1) is 0 Å². The summed E-state index contributed by atoms with van der Waals surface area (Å²) in [6.07, 6.45) is 6.19. The third-order valence-corrected chi connectivity index (χ3v) is 6.96. The molecule has 0 aromatic heterocycles. The first-order chi connectivity index (χ1) is 14.2. The van der Waals surface area contributed by atoms with Gasteiger partial charge in [0.15, 0.2) is 6.61 Å². The van der Waals surface area contributed by atoms with E-state index in [1.54, 1.807) is 0 Å². The maximum absolute atomic E-state index is 12.9. The van der Waals surface area contributed by atoms with Crippen molar-refractivity contribution in [2.24, 2.45) is 0 Å². The van der Waals surface area contributed by atoms with Crippen molar-refractivity contribution >= 4 is 16.7 Å². The Labute approximate surface area is 172 Å². The lowest BCUT2D eigenvalue weighted by Crippen LogP contribution is -2.68. The Morgan fingerprint density at radius 1 is 1.10 bits per heavy atom. The molecule has 0 unspecified atom stereocenters. The van der Waals surface area contributed by atoms with Gasteiger partial charge in [0.1, 0.15) is 5.75 Å². The van der Waals surface area contributed by atoms with Crippen molar-refractivity contribution < 1.29 is 14.3 Å². The zero-order valence-electron chi connectivity index (χ0n) is 17.0. The van der Waals surface area contributed by atoms with Gasteiger partial charge in [0.05, 0.1) is 6.10 Å². The Morgan fingerprint density at radius 2 is 2.00 bits per heavy atom. The number of ether oxygens (including phenoxy) is 2. The van der Waals surface area contributed by atoms with Crippen LogP contribution in [0.1, 0.15) is 32.1 Å². The van der Waals surface area contributed by atoms with Crippen LogP contribution in [-0.4, -0.2) is 66.7 Å². The van der Waals surface area contributed by atoms with Gasteiger partial charge in [-0.3, -0.25) is 9.69 Å². The average molecular weight is 395 g/mol. The van der Waals surface area contributed by atoms with E-state index >= 15 is 0 Å². The Bertz CT molecular complexity index is 879. The van der Waals surface area contributed by atoms with Crippen molar-refractivity contribution in [2.75, 3.05) is 39.4 Å². The first-order valence-corrected chi connectivity index (χ1v) is 11.0. The first-order valence-electron chi connectivity index (χ1n) is 11.0. The van der Waals surface area contributed by atoms with Crippen molar-refractivity contribution in [3.63, 3.8) is 0 Å². The summed E-state index contributed by atoms with van der Waals surface area (Å²) in [7, 11) is 0. The fraction of sp³-hybridized carbons (Fsp3) is 0.542. The van der Waals surface area contributed by atoms with Crippen molar-refractivity contribution in [2.45, 2.75) is 43.7 Å².